The number of ether oxygens (including phenoxy) is 1. The van der Waals surface area contributed by atoms with Gasteiger partial charge in [0.05, 0.1) is 25.2 Å². The van der Waals surface area contributed by atoms with Gasteiger partial charge >= 0.3 is 5.97 Å². The van der Waals surface area contributed by atoms with Gasteiger partial charge in [-0.1, -0.05) is 39.8 Å². The number of hydrogen-bond donors (Lipinski definition) is 0. The summed E-state index contributed by atoms with van der Waals surface area (Å²) in [6, 6.07) is 9.76. The number of hydrogen-bond acceptors (Lipinski definition) is 3. The quantitative estimate of drug-likeness (QED) is 0.696. The number of methoxy groups -OCH3 is 1. The smallest absolute Gasteiger partial charge is 0.337 e. The van der Waals surface area contributed by atoms with Crippen molar-refractivity contribution < 1.29 is 13.9 Å². The molecule has 0 saturated heterocycles. The van der Waals surface area contributed by atoms with E-state index in [4.69, 9.17) is 9.15 Å². The lowest BCUT2D eigenvalue weighted by atomic mass is 9.73. The average molecular weight is 314 g/mol. The van der Waals surface area contributed by atoms with Gasteiger partial charge in [-0.25, -0.2) is 4.79 Å². The van der Waals surface area contributed by atoms with Crippen molar-refractivity contribution in [1.82, 2.24) is 0 Å². The Morgan fingerprint density at radius 1 is 0.957 bits per heavy atom. The topological polar surface area (TPSA) is 39.4 Å². The van der Waals surface area contributed by atoms with Crippen LogP contribution in [0.5, 0.6) is 0 Å². The van der Waals surface area contributed by atoms with Gasteiger partial charge in [-0.2, -0.15) is 0 Å². The predicted octanol–water partition coefficient (Wildman–Crippen LogP) is 5.10. The number of carbonyl (C=O) groups excluding carboxylic acids is 1. The number of esters is 1. The van der Waals surface area contributed by atoms with Crippen LogP contribution < -0.4 is 0 Å². The third kappa shape index (κ3) is 4.04. The maximum Gasteiger partial charge on any atom is 0.337 e. The molecule has 0 aliphatic carbocycles. The van der Waals surface area contributed by atoms with Gasteiger partial charge in [0.25, 0.3) is 0 Å². The van der Waals surface area contributed by atoms with Crippen LogP contribution >= 0.6 is 0 Å². The molecule has 0 aliphatic heterocycles. The first-order chi connectivity index (χ1) is 10.8. The fourth-order valence-electron chi connectivity index (χ4n) is 2.74. The first kappa shape index (κ1) is 17.3. The summed E-state index contributed by atoms with van der Waals surface area (Å²) in [4.78, 5) is 11.5. The van der Waals surface area contributed by atoms with Crippen LogP contribution in [-0.4, -0.2) is 13.1 Å². The largest absolute Gasteiger partial charge is 0.472 e. The van der Waals surface area contributed by atoms with Crippen molar-refractivity contribution in [2.24, 2.45) is 0 Å². The molecule has 0 aliphatic rings. The highest BCUT2D eigenvalue weighted by atomic mass is 16.5. The molecule has 1 aromatic heterocycles. The Labute approximate surface area is 138 Å². The number of rotatable bonds is 6. The molecule has 1 aromatic carbocycles. The molecule has 0 fully saturated rings. The summed E-state index contributed by atoms with van der Waals surface area (Å²) in [7, 11) is 1.40. The Hall–Kier alpha value is -2.03. The van der Waals surface area contributed by atoms with Crippen LogP contribution in [0.1, 0.15) is 62.0 Å². The standard InChI is InChI=1S/C20H26O3/c1-19(2,11-12-20(3,4)17-10-13-23-14-17)16-8-6-15(7-9-16)18(21)22-5/h6-10,13-14H,11-12H2,1-5H3. The van der Waals surface area contributed by atoms with E-state index in [9.17, 15) is 4.79 Å². The Morgan fingerprint density at radius 3 is 2.00 bits per heavy atom. The van der Waals surface area contributed by atoms with Gasteiger partial charge < -0.3 is 9.15 Å². The minimum absolute atomic E-state index is 0.0374. The molecule has 2 aromatic rings. The fraction of sp³-hybridized carbons (Fsp3) is 0.450. The molecular formula is C20H26O3. The Balaban J connectivity index is 2.08. The zero-order valence-corrected chi connectivity index (χ0v) is 14.7. The molecule has 124 valence electrons. The maximum absolute atomic E-state index is 11.5. The zero-order chi connectivity index (χ0) is 17.1. The fourth-order valence-corrected chi connectivity index (χ4v) is 2.74. The van der Waals surface area contributed by atoms with E-state index in [2.05, 4.69) is 27.7 Å². The van der Waals surface area contributed by atoms with Crippen molar-refractivity contribution in [1.29, 1.82) is 0 Å². The van der Waals surface area contributed by atoms with Crippen LogP contribution in [0.15, 0.2) is 47.3 Å². The third-order valence-electron chi connectivity index (χ3n) is 4.77. The molecule has 2 rings (SSSR count). The summed E-state index contributed by atoms with van der Waals surface area (Å²) in [6.07, 6.45) is 5.66. The summed E-state index contributed by atoms with van der Waals surface area (Å²) >= 11 is 0. The third-order valence-corrected chi connectivity index (χ3v) is 4.77. The SMILES string of the molecule is COC(=O)c1ccc(C(C)(C)CCC(C)(C)c2ccoc2)cc1. The van der Waals surface area contributed by atoms with E-state index in [0.717, 1.165) is 12.8 Å². The second-order valence-electron chi connectivity index (χ2n) is 7.35. The van der Waals surface area contributed by atoms with E-state index in [-0.39, 0.29) is 16.8 Å². The molecule has 3 heteroatoms. The van der Waals surface area contributed by atoms with Crippen LogP contribution in [0.3, 0.4) is 0 Å². The summed E-state index contributed by atoms with van der Waals surface area (Å²) in [6.45, 7) is 8.97. The van der Waals surface area contributed by atoms with Gasteiger partial charge in [0.2, 0.25) is 0 Å². The maximum atomic E-state index is 11.5. The average Bonchev–Trinajstić information content (AvgIpc) is 3.08. The Morgan fingerprint density at radius 2 is 1.52 bits per heavy atom. The van der Waals surface area contributed by atoms with Gasteiger partial charge in [-0.3, -0.25) is 0 Å². The lowest BCUT2D eigenvalue weighted by Gasteiger charge is -2.31. The monoisotopic (exact) mass is 314 g/mol. The highest BCUT2D eigenvalue weighted by Crippen LogP contribution is 2.36. The molecular weight excluding hydrogens is 288 g/mol. The molecule has 1 heterocycles. The molecule has 0 amide bonds. The van der Waals surface area contributed by atoms with E-state index in [0.29, 0.717) is 5.56 Å². The van der Waals surface area contributed by atoms with Gasteiger partial charge in [0.1, 0.15) is 0 Å². The van der Waals surface area contributed by atoms with Crippen molar-refractivity contribution in [3.8, 4) is 0 Å². The summed E-state index contributed by atoms with van der Waals surface area (Å²) in [5.41, 5.74) is 3.17. The number of carbonyl (C=O) groups is 1. The van der Waals surface area contributed by atoms with Crippen LogP contribution in [0.25, 0.3) is 0 Å². The van der Waals surface area contributed by atoms with Gasteiger partial charge in [-0.15, -0.1) is 0 Å². The van der Waals surface area contributed by atoms with Crippen molar-refractivity contribution in [2.75, 3.05) is 7.11 Å². The molecule has 0 bridgehead atoms. The van der Waals surface area contributed by atoms with E-state index in [1.807, 2.05) is 36.6 Å². The van der Waals surface area contributed by atoms with Gasteiger partial charge in [0.15, 0.2) is 0 Å². The van der Waals surface area contributed by atoms with Crippen LogP contribution in [0.2, 0.25) is 0 Å². The molecule has 0 saturated carbocycles. The van der Waals surface area contributed by atoms with Crippen LogP contribution in [0.4, 0.5) is 0 Å². The first-order valence-corrected chi connectivity index (χ1v) is 7.98. The molecule has 3 nitrogen and oxygen atoms in total. The van der Waals surface area contributed by atoms with Crippen molar-refractivity contribution in [2.45, 2.75) is 51.4 Å². The normalized spacial score (nSPS) is 12.2. The van der Waals surface area contributed by atoms with E-state index in [1.165, 1.54) is 18.2 Å². The summed E-state index contributed by atoms with van der Waals surface area (Å²) in [5.74, 6) is -0.296. The second-order valence-corrected chi connectivity index (χ2v) is 7.35. The van der Waals surface area contributed by atoms with E-state index >= 15 is 0 Å². The predicted molar refractivity (Wildman–Crippen MR) is 91.8 cm³/mol. The highest BCUT2D eigenvalue weighted by molar-refractivity contribution is 5.89. The zero-order valence-electron chi connectivity index (χ0n) is 14.7. The minimum atomic E-state index is -0.296. The molecule has 0 radical (unpaired) electrons. The molecule has 0 atom stereocenters. The molecule has 23 heavy (non-hydrogen) atoms. The minimum Gasteiger partial charge on any atom is -0.472 e. The summed E-state index contributed by atoms with van der Waals surface area (Å²) < 4.78 is 9.97. The molecule has 0 N–H and O–H groups in total. The number of benzene rings is 1. The Kier molecular flexibility index (Phi) is 4.98. The van der Waals surface area contributed by atoms with Gasteiger partial charge in [0, 0.05) is 0 Å². The summed E-state index contributed by atoms with van der Waals surface area (Å²) in [5, 5.41) is 0. The van der Waals surface area contributed by atoms with Crippen LogP contribution in [-0.2, 0) is 15.6 Å². The molecule has 0 spiro atoms. The first-order valence-electron chi connectivity index (χ1n) is 7.98. The highest BCUT2D eigenvalue weighted by Gasteiger charge is 2.27. The van der Waals surface area contributed by atoms with Gasteiger partial charge in [-0.05, 0) is 53.0 Å². The Bertz CT molecular complexity index is 634. The van der Waals surface area contributed by atoms with E-state index in [1.54, 1.807) is 6.26 Å². The lowest BCUT2D eigenvalue weighted by Crippen LogP contribution is -2.24. The van der Waals surface area contributed by atoms with Crippen molar-refractivity contribution in [3.63, 3.8) is 0 Å². The second kappa shape index (κ2) is 6.61. The molecule has 0 unspecified atom stereocenters. The van der Waals surface area contributed by atoms with Crippen molar-refractivity contribution >= 4 is 5.97 Å². The van der Waals surface area contributed by atoms with E-state index < -0.39 is 0 Å². The van der Waals surface area contributed by atoms with Crippen LogP contribution in [0, 0.1) is 0 Å². The lowest BCUT2D eigenvalue weighted by molar-refractivity contribution is 0.0600. The number of furan rings is 1. The van der Waals surface area contributed by atoms with Crippen molar-refractivity contribution in [3.05, 3.63) is 59.5 Å².